The molecule has 2 aromatic carbocycles. The number of nitrogens with zero attached hydrogens (tertiary/aromatic N) is 3. The van der Waals surface area contributed by atoms with Gasteiger partial charge in [0.15, 0.2) is 5.78 Å². The van der Waals surface area contributed by atoms with Crippen molar-refractivity contribution in [2.45, 2.75) is 253 Å². The zero-order chi connectivity index (χ0) is 62.3. The molecule has 4 rings (SSSR count). The number of hydrogen-bond acceptors (Lipinski definition) is 6. The molecule has 81 heavy (non-hydrogen) atoms. The SMILES string of the molecule is CC(C)CCCC(=O)CC(C)(C)C.CC(C)CCCC(=O)N(C)C.CC(C)CCCC(=O)N1CCCC1.CC(C)CCN1CCCC1=O.CC(C)Cc1ccccc1C(=O)CC(C)(C)C.CCC(=O)NCC(c1ccccc1)C(C)C. The van der Waals surface area contributed by atoms with Gasteiger partial charge in [0.05, 0.1) is 0 Å². The zero-order valence-corrected chi connectivity index (χ0v) is 56.3. The van der Waals surface area contributed by atoms with Crippen molar-refractivity contribution in [1.29, 1.82) is 0 Å². The van der Waals surface area contributed by atoms with Gasteiger partial charge in [0.25, 0.3) is 0 Å². The quantitative estimate of drug-likeness (QED) is 0.0988. The highest BCUT2D eigenvalue weighted by Gasteiger charge is 2.22. The van der Waals surface area contributed by atoms with Crippen molar-refractivity contribution in [1.82, 2.24) is 20.0 Å². The third-order valence-electron chi connectivity index (χ3n) is 13.9. The van der Waals surface area contributed by atoms with Crippen LogP contribution in [-0.2, 0) is 30.4 Å². The number of amides is 4. The second-order valence-corrected chi connectivity index (χ2v) is 28.0. The third-order valence-corrected chi connectivity index (χ3v) is 13.9. The number of rotatable bonds is 25. The van der Waals surface area contributed by atoms with Gasteiger partial charge >= 0.3 is 0 Å². The molecule has 1 atom stereocenters. The standard InChI is InChI=1S/C16H24O.C14H21NO.C12H24O.C11H21NO.C9H17NO.C9H19NO/c1-12(2)10-13-8-6-7-9-14(13)15(17)11-16(3,4)5;1-4-14(16)15-10-13(11(2)3)12-8-6-5-7-9-12;1-10(2)7-6-8-11(13)9-12(3,4)5;1-10(2)6-5-7-11(13)12-8-3-4-9-12;1-8(2)5-7-10-6-3-4-9(10)11;1-8(2)6-5-7-9(11)10(3)4/h6-9,12H,10-11H2,1-5H3;5-9,11,13H,4,10H2,1-3H3,(H,15,16);10H,6-9H2,1-5H3;10H,3-9H2,1-2H3;8H,3-7H2,1-2H3;8H,5-7H2,1-4H3. The monoisotopic (exact) mass is 1130 g/mol. The van der Waals surface area contributed by atoms with Crippen molar-refractivity contribution < 1.29 is 28.8 Å². The number of ketones is 2. The van der Waals surface area contributed by atoms with Crippen LogP contribution in [0.4, 0.5) is 0 Å². The molecule has 1 unspecified atom stereocenters. The third kappa shape index (κ3) is 44.9. The van der Waals surface area contributed by atoms with E-state index in [4.69, 9.17) is 0 Å². The van der Waals surface area contributed by atoms with Crippen LogP contribution in [0.5, 0.6) is 0 Å². The van der Waals surface area contributed by atoms with Crippen molar-refractivity contribution in [2.75, 3.05) is 46.8 Å². The average molecular weight is 1130 g/mol. The first-order chi connectivity index (χ1) is 37.7. The summed E-state index contributed by atoms with van der Waals surface area (Å²) in [4.78, 5) is 74.3. The molecule has 4 amide bonds. The van der Waals surface area contributed by atoms with E-state index in [1.54, 1.807) is 19.0 Å². The molecule has 0 saturated carbocycles. The van der Waals surface area contributed by atoms with E-state index >= 15 is 0 Å². The Morgan fingerprint density at radius 3 is 1.53 bits per heavy atom. The van der Waals surface area contributed by atoms with Crippen LogP contribution in [0.15, 0.2) is 54.6 Å². The van der Waals surface area contributed by atoms with Gasteiger partial charge in [-0.3, -0.25) is 28.8 Å². The molecule has 2 aliphatic heterocycles. The van der Waals surface area contributed by atoms with E-state index in [1.807, 2.05) is 53.1 Å². The van der Waals surface area contributed by atoms with Gasteiger partial charge < -0.3 is 20.0 Å². The number of likely N-dealkylation sites (tertiary alicyclic amines) is 2. The average Bonchev–Trinajstić information content (AvgIpc) is 4.05. The van der Waals surface area contributed by atoms with Gasteiger partial charge in [0, 0.05) is 103 Å². The predicted octanol–water partition coefficient (Wildman–Crippen LogP) is 17.3. The van der Waals surface area contributed by atoms with Gasteiger partial charge in [0.2, 0.25) is 23.6 Å². The van der Waals surface area contributed by atoms with Crippen LogP contribution in [0.1, 0.15) is 268 Å². The summed E-state index contributed by atoms with van der Waals surface area (Å²) in [6, 6.07) is 18.4. The highest BCUT2D eigenvalue weighted by atomic mass is 16.2. The first-order valence-corrected chi connectivity index (χ1v) is 31.9. The summed E-state index contributed by atoms with van der Waals surface area (Å²) in [7, 11) is 3.61. The normalized spacial score (nSPS) is 13.5. The van der Waals surface area contributed by atoms with Crippen molar-refractivity contribution >= 4 is 35.2 Å². The molecule has 2 fully saturated rings. The van der Waals surface area contributed by atoms with Crippen LogP contribution in [0.2, 0.25) is 0 Å². The molecule has 2 aliphatic rings. The van der Waals surface area contributed by atoms with E-state index < -0.39 is 0 Å². The Kier molecular flexibility index (Phi) is 43.0. The van der Waals surface area contributed by atoms with Crippen LogP contribution in [0.3, 0.4) is 0 Å². The van der Waals surface area contributed by atoms with Crippen molar-refractivity contribution in [3.8, 4) is 0 Å². The number of Topliss-reactive ketones (excluding diaryl/α,β-unsaturated/α-hetero) is 2. The lowest BCUT2D eigenvalue weighted by atomic mass is 9.85. The lowest BCUT2D eigenvalue weighted by molar-refractivity contribution is -0.130. The maximum Gasteiger partial charge on any atom is 0.222 e. The number of nitrogens with one attached hydrogen (secondary N) is 1. The fraction of sp³-hybridized carbons (Fsp3) is 0.746. The summed E-state index contributed by atoms with van der Waals surface area (Å²) in [6.45, 7) is 45.6. The topological polar surface area (TPSA) is 124 Å². The molecule has 0 aliphatic carbocycles. The Hall–Kier alpha value is -4.34. The molecule has 2 aromatic rings. The number of benzene rings is 2. The number of carbonyl (C=O) groups excluding carboxylic acids is 6. The van der Waals surface area contributed by atoms with Gasteiger partial charge in [0.1, 0.15) is 5.78 Å². The maximum absolute atomic E-state index is 12.3. The van der Waals surface area contributed by atoms with Crippen LogP contribution in [0, 0.1) is 46.3 Å². The molecule has 10 heteroatoms. The second-order valence-electron chi connectivity index (χ2n) is 28.0. The summed E-state index contributed by atoms with van der Waals surface area (Å²) in [6.07, 6.45) is 17.2. The predicted molar refractivity (Wildman–Crippen MR) is 346 cm³/mol. The highest BCUT2D eigenvalue weighted by molar-refractivity contribution is 5.97. The highest BCUT2D eigenvalue weighted by Crippen LogP contribution is 2.26. The van der Waals surface area contributed by atoms with Crippen LogP contribution in [0.25, 0.3) is 0 Å². The molecule has 0 aromatic heterocycles. The van der Waals surface area contributed by atoms with Crippen molar-refractivity contribution in [3.63, 3.8) is 0 Å². The van der Waals surface area contributed by atoms with Crippen LogP contribution in [-0.4, -0.2) is 96.7 Å². The number of carbonyl (C=O) groups is 6. The molecular weight excluding hydrogens is 1000 g/mol. The van der Waals surface area contributed by atoms with E-state index in [-0.39, 0.29) is 28.4 Å². The second kappa shape index (κ2) is 44.2. The van der Waals surface area contributed by atoms with E-state index in [0.717, 1.165) is 121 Å². The number of hydrogen-bond donors (Lipinski definition) is 1. The Morgan fingerprint density at radius 1 is 0.593 bits per heavy atom. The summed E-state index contributed by atoms with van der Waals surface area (Å²) in [5, 5.41) is 2.97. The molecule has 2 saturated heterocycles. The molecular formula is C71H126N4O6. The first-order valence-electron chi connectivity index (χ1n) is 31.9. The minimum absolute atomic E-state index is 0.0576. The van der Waals surface area contributed by atoms with E-state index in [0.29, 0.717) is 66.4 Å². The molecule has 0 spiro atoms. The van der Waals surface area contributed by atoms with Crippen molar-refractivity contribution in [2.24, 2.45) is 46.3 Å². The summed E-state index contributed by atoms with van der Waals surface area (Å²) < 4.78 is 0. The van der Waals surface area contributed by atoms with Gasteiger partial charge in [-0.25, -0.2) is 0 Å². The Morgan fingerprint density at radius 2 is 1.09 bits per heavy atom. The lowest BCUT2D eigenvalue weighted by Crippen LogP contribution is -2.29. The van der Waals surface area contributed by atoms with Gasteiger partial charge in [-0.15, -0.1) is 0 Å². The van der Waals surface area contributed by atoms with Crippen LogP contribution < -0.4 is 5.32 Å². The van der Waals surface area contributed by atoms with Gasteiger partial charge in [-0.1, -0.05) is 205 Å². The fourth-order valence-corrected chi connectivity index (χ4v) is 9.19. The molecule has 0 bridgehead atoms. The summed E-state index contributed by atoms with van der Waals surface area (Å²) in [5.74, 6) is 6.18. The van der Waals surface area contributed by atoms with Gasteiger partial charge in [-0.2, -0.15) is 0 Å². The molecule has 2 heterocycles. The van der Waals surface area contributed by atoms with E-state index in [2.05, 4.69) is 148 Å². The summed E-state index contributed by atoms with van der Waals surface area (Å²) >= 11 is 0. The molecule has 1 N–H and O–H groups in total. The van der Waals surface area contributed by atoms with Crippen molar-refractivity contribution in [3.05, 3.63) is 71.3 Å². The zero-order valence-electron chi connectivity index (χ0n) is 56.3. The largest absolute Gasteiger partial charge is 0.355 e. The first kappa shape index (κ1) is 78.7. The van der Waals surface area contributed by atoms with E-state index in [9.17, 15) is 28.8 Å². The molecule has 0 radical (unpaired) electrons. The minimum atomic E-state index is 0.0576. The van der Waals surface area contributed by atoms with Gasteiger partial charge in [-0.05, 0) is 109 Å². The van der Waals surface area contributed by atoms with Crippen LogP contribution >= 0.6 is 0 Å². The minimum Gasteiger partial charge on any atom is -0.355 e. The Balaban J connectivity index is 0. The maximum atomic E-state index is 12.3. The fourth-order valence-electron chi connectivity index (χ4n) is 9.19. The Labute approximate surface area is 499 Å². The smallest absolute Gasteiger partial charge is 0.222 e. The lowest BCUT2D eigenvalue weighted by Gasteiger charge is -2.21. The molecule has 466 valence electrons. The molecule has 10 nitrogen and oxygen atoms in total. The van der Waals surface area contributed by atoms with E-state index in [1.165, 1.54) is 36.8 Å². The summed E-state index contributed by atoms with van der Waals surface area (Å²) in [5.41, 5.74) is 3.62. The Bertz CT molecular complexity index is 1980.